The molecular weight excluding hydrogens is 438 g/mol. The predicted molar refractivity (Wildman–Crippen MR) is 124 cm³/mol. The molecule has 1 N–H and O–H groups in total. The van der Waals surface area contributed by atoms with E-state index in [-0.39, 0.29) is 10.8 Å². The Morgan fingerprint density at radius 2 is 1.85 bits per heavy atom. The number of hydrogen-bond donors (Lipinski definition) is 1. The molecule has 8 heteroatoms. The Balaban J connectivity index is 1.45. The summed E-state index contributed by atoms with van der Waals surface area (Å²) in [5.74, 6) is 0.426. The van der Waals surface area contributed by atoms with Crippen molar-refractivity contribution in [3.05, 3.63) is 83.9 Å². The molecule has 1 amide bonds. The number of hydrogen-bond acceptors (Lipinski definition) is 5. The van der Waals surface area contributed by atoms with E-state index in [4.69, 9.17) is 10.00 Å². The lowest BCUT2D eigenvalue weighted by molar-refractivity contribution is -0.129. The van der Waals surface area contributed by atoms with Crippen LogP contribution in [0, 0.1) is 11.3 Å². The van der Waals surface area contributed by atoms with Crippen LogP contribution in [0.15, 0.2) is 77.7 Å². The number of amides is 1. The number of methoxy groups -OCH3 is 1. The van der Waals surface area contributed by atoms with Crippen LogP contribution in [0.2, 0.25) is 0 Å². The Labute approximate surface area is 193 Å². The molecule has 7 nitrogen and oxygen atoms in total. The maximum atomic E-state index is 12.9. The second-order valence-corrected chi connectivity index (χ2v) is 9.47. The van der Waals surface area contributed by atoms with Gasteiger partial charge in [-0.25, -0.2) is 8.42 Å². The molecule has 0 aliphatic carbocycles. The SMILES string of the molecule is COc1ccccc1-c1ccc(S(=O)(=O)N[C@H]2CCN(Cc3cccc(C#N)c3)C2=O)cc1. The van der Waals surface area contributed by atoms with Crippen molar-refractivity contribution in [2.75, 3.05) is 13.7 Å². The van der Waals surface area contributed by atoms with E-state index in [9.17, 15) is 13.2 Å². The van der Waals surface area contributed by atoms with E-state index in [0.29, 0.717) is 30.8 Å². The minimum absolute atomic E-state index is 0.0918. The van der Waals surface area contributed by atoms with Crippen LogP contribution < -0.4 is 9.46 Å². The summed E-state index contributed by atoms with van der Waals surface area (Å²) < 4.78 is 33.7. The van der Waals surface area contributed by atoms with Crippen molar-refractivity contribution in [1.29, 1.82) is 5.26 Å². The lowest BCUT2D eigenvalue weighted by Crippen LogP contribution is -2.41. The molecule has 4 rings (SSSR count). The van der Waals surface area contributed by atoms with Crippen LogP contribution in [0.5, 0.6) is 5.75 Å². The number of nitrogens with zero attached hydrogens (tertiary/aromatic N) is 2. The fraction of sp³-hybridized carbons (Fsp3) is 0.200. The van der Waals surface area contributed by atoms with Gasteiger partial charge in [0, 0.05) is 18.7 Å². The summed E-state index contributed by atoms with van der Waals surface area (Å²) in [7, 11) is -2.28. The van der Waals surface area contributed by atoms with Crippen LogP contribution in [-0.4, -0.2) is 38.9 Å². The molecule has 1 saturated heterocycles. The number of ether oxygens (including phenoxy) is 1. The summed E-state index contributed by atoms with van der Waals surface area (Å²) in [6.07, 6.45) is 0.384. The fourth-order valence-electron chi connectivity index (χ4n) is 3.92. The summed E-state index contributed by atoms with van der Waals surface area (Å²) in [4.78, 5) is 14.5. The lowest BCUT2D eigenvalue weighted by atomic mass is 10.1. The van der Waals surface area contributed by atoms with Crippen molar-refractivity contribution in [1.82, 2.24) is 9.62 Å². The topological polar surface area (TPSA) is 99.5 Å². The first kappa shape index (κ1) is 22.5. The first-order valence-electron chi connectivity index (χ1n) is 10.4. The summed E-state index contributed by atoms with van der Waals surface area (Å²) in [6.45, 7) is 0.774. The monoisotopic (exact) mass is 461 g/mol. The van der Waals surface area contributed by atoms with Crippen LogP contribution in [0.1, 0.15) is 17.5 Å². The van der Waals surface area contributed by atoms with E-state index in [0.717, 1.165) is 16.7 Å². The normalized spacial score (nSPS) is 15.9. The van der Waals surface area contributed by atoms with Crippen LogP contribution in [0.25, 0.3) is 11.1 Å². The third-order valence-corrected chi connectivity index (χ3v) is 7.09. The first-order chi connectivity index (χ1) is 15.9. The quantitative estimate of drug-likeness (QED) is 0.582. The molecule has 33 heavy (non-hydrogen) atoms. The van der Waals surface area contributed by atoms with Gasteiger partial charge in [-0.3, -0.25) is 4.79 Å². The zero-order valence-electron chi connectivity index (χ0n) is 18.1. The Bertz CT molecular complexity index is 1310. The minimum Gasteiger partial charge on any atom is -0.496 e. The number of rotatable bonds is 7. The Morgan fingerprint density at radius 1 is 1.09 bits per heavy atom. The fourth-order valence-corrected chi connectivity index (χ4v) is 5.14. The van der Waals surface area contributed by atoms with Crippen LogP contribution in [0.4, 0.5) is 0 Å². The van der Waals surface area contributed by atoms with Crippen molar-refractivity contribution in [2.24, 2.45) is 0 Å². The molecule has 0 bridgehead atoms. The molecule has 0 unspecified atom stereocenters. The maximum Gasteiger partial charge on any atom is 0.241 e. The van der Waals surface area contributed by atoms with Gasteiger partial charge in [-0.2, -0.15) is 9.98 Å². The number of nitrogens with one attached hydrogen (secondary N) is 1. The molecule has 0 saturated carbocycles. The van der Waals surface area contributed by atoms with Gasteiger partial charge in [0.1, 0.15) is 11.8 Å². The molecule has 1 heterocycles. The minimum atomic E-state index is -3.87. The number of carbonyl (C=O) groups is 1. The highest BCUT2D eigenvalue weighted by Crippen LogP contribution is 2.30. The van der Waals surface area contributed by atoms with Crippen LogP contribution in [0.3, 0.4) is 0 Å². The van der Waals surface area contributed by atoms with Gasteiger partial charge in [0.25, 0.3) is 0 Å². The van der Waals surface area contributed by atoms with E-state index in [1.54, 1.807) is 42.3 Å². The molecule has 0 spiro atoms. The maximum absolute atomic E-state index is 12.9. The summed E-state index contributed by atoms with van der Waals surface area (Å²) >= 11 is 0. The number of sulfonamides is 1. The molecule has 3 aromatic carbocycles. The Kier molecular flexibility index (Phi) is 6.45. The van der Waals surface area contributed by atoms with Gasteiger partial charge in [0.2, 0.25) is 15.9 Å². The summed E-state index contributed by atoms with van der Waals surface area (Å²) in [5.41, 5.74) is 3.04. The van der Waals surface area contributed by atoms with E-state index in [1.807, 2.05) is 30.3 Å². The number of likely N-dealkylation sites (tertiary alicyclic amines) is 1. The molecule has 1 aliphatic rings. The van der Waals surface area contributed by atoms with Crippen molar-refractivity contribution in [3.8, 4) is 22.9 Å². The molecule has 3 aromatic rings. The van der Waals surface area contributed by atoms with E-state index in [1.165, 1.54) is 12.1 Å². The standard InChI is InChI=1S/C25H23N3O4S/c1-32-24-8-3-2-7-22(24)20-9-11-21(12-10-20)33(30,31)27-23-13-14-28(25(23)29)17-19-6-4-5-18(15-19)16-26/h2-12,15,23,27H,13-14,17H2,1H3/t23-/m0/s1. The van der Waals surface area contributed by atoms with Gasteiger partial charge < -0.3 is 9.64 Å². The van der Waals surface area contributed by atoms with Crippen molar-refractivity contribution in [3.63, 3.8) is 0 Å². The zero-order valence-corrected chi connectivity index (χ0v) is 18.9. The van der Waals surface area contributed by atoms with Crippen molar-refractivity contribution in [2.45, 2.75) is 23.9 Å². The Hall–Kier alpha value is -3.67. The second-order valence-electron chi connectivity index (χ2n) is 7.76. The average molecular weight is 462 g/mol. The predicted octanol–water partition coefficient (Wildman–Crippen LogP) is 3.31. The number of carbonyl (C=O) groups excluding carboxylic acids is 1. The number of nitriles is 1. The summed E-state index contributed by atoms with van der Waals surface area (Å²) in [6, 6.07) is 22.3. The third-order valence-electron chi connectivity index (χ3n) is 5.61. The highest BCUT2D eigenvalue weighted by molar-refractivity contribution is 7.89. The molecular formula is C25H23N3O4S. The highest BCUT2D eigenvalue weighted by atomic mass is 32.2. The molecule has 0 aromatic heterocycles. The first-order valence-corrected chi connectivity index (χ1v) is 11.9. The molecule has 1 atom stereocenters. The molecule has 0 radical (unpaired) electrons. The van der Waals surface area contributed by atoms with Gasteiger partial charge in [-0.15, -0.1) is 0 Å². The van der Waals surface area contributed by atoms with E-state index < -0.39 is 16.1 Å². The Morgan fingerprint density at radius 3 is 2.58 bits per heavy atom. The summed E-state index contributed by atoms with van der Waals surface area (Å²) in [5, 5.41) is 9.05. The van der Waals surface area contributed by atoms with Gasteiger partial charge >= 0.3 is 0 Å². The molecule has 168 valence electrons. The molecule has 1 fully saturated rings. The van der Waals surface area contributed by atoms with Gasteiger partial charge in [0.05, 0.1) is 23.6 Å². The molecule has 1 aliphatic heterocycles. The van der Waals surface area contributed by atoms with Crippen LogP contribution in [-0.2, 0) is 21.4 Å². The van der Waals surface area contributed by atoms with E-state index in [2.05, 4.69) is 10.8 Å². The van der Waals surface area contributed by atoms with Crippen LogP contribution >= 0.6 is 0 Å². The zero-order chi connectivity index (χ0) is 23.4. The van der Waals surface area contributed by atoms with Gasteiger partial charge in [-0.1, -0.05) is 42.5 Å². The van der Waals surface area contributed by atoms with Gasteiger partial charge in [-0.05, 0) is 47.9 Å². The second kappa shape index (κ2) is 9.45. The lowest BCUT2D eigenvalue weighted by Gasteiger charge is -2.17. The largest absolute Gasteiger partial charge is 0.496 e. The number of benzene rings is 3. The van der Waals surface area contributed by atoms with Crippen molar-refractivity contribution < 1.29 is 17.9 Å². The van der Waals surface area contributed by atoms with Crippen molar-refractivity contribution >= 4 is 15.9 Å². The van der Waals surface area contributed by atoms with E-state index >= 15 is 0 Å². The number of para-hydroxylation sites is 1. The third kappa shape index (κ3) is 4.90. The van der Waals surface area contributed by atoms with Gasteiger partial charge in [0.15, 0.2) is 0 Å². The average Bonchev–Trinajstić information content (AvgIpc) is 3.17. The highest BCUT2D eigenvalue weighted by Gasteiger charge is 2.34. The smallest absolute Gasteiger partial charge is 0.241 e.